The fourth-order valence-electron chi connectivity index (χ4n) is 3.25. The zero-order chi connectivity index (χ0) is 15.0. The number of hydrogen-bond acceptors (Lipinski definition) is 1. The molecule has 0 unspecified atom stereocenters. The second kappa shape index (κ2) is 5.07. The van der Waals surface area contributed by atoms with Gasteiger partial charge in [0, 0.05) is 17.8 Å². The summed E-state index contributed by atoms with van der Waals surface area (Å²) in [4.78, 5) is 2.51. The van der Waals surface area contributed by atoms with Gasteiger partial charge < -0.3 is 4.90 Å². The van der Waals surface area contributed by atoms with Crippen LogP contribution in [-0.4, -0.2) is 5.54 Å². The summed E-state index contributed by atoms with van der Waals surface area (Å²) in [6, 6.07) is 17.5. The van der Waals surface area contributed by atoms with Crippen molar-refractivity contribution in [2.75, 3.05) is 4.90 Å². The van der Waals surface area contributed by atoms with Crippen LogP contribution in [0.3, 0.4) is 0 Å². The molecule has 0 atom stereocenters. The molecule has 2 aromatic carbocycles. The molecule has 1 heteroatoms. The van der Waals surface area contributed by atoms with Gasteiger partial charge in [0.1, 0.15) is 0 Å². The molecule has 21 heavy (non-hydrogen) atoms. The molecule has 0 bridgehead atoms. The molecule has 1 aliphatic heterocycles. The minimum Gasteiger partial charge on any atom is -0.358 e. The number of hydrogen-bond donors (Lipinski definition) is 0. The third-order valence-electron chi connectivity index (χ3n) is 4.32. The summed E-state index contributed by atoms with van der Waals surface area (Å²) in [6.07, 6.45) is 2.38. The molecular formula is C20H23N. The number of aryl methyl sites for hydroxylation is 1. The van der Waals surface area contributed by atoms with Gasteiger partial charge in [-0.25, -0.2) is 0 Å². The Bertz CT molecular complexity index is 680. The summed E-state index contributed by atoms with van der Waals surface area (Å²) in [7, 11) is 0. The summed E-state index contributed by atoms with van der Waals surface area (Å²) in [5, 5.41) is 0. The van der Waals surface area contributed by atoms with Crippen molar-refractivity contribution in [2.45, 2.75) is 39.8 Å². The highest BCUT2D eigenvalue weighted by Gasteiger charge is 2.31. The molecule has 0 N–H and O–H groups in total. The third kappa shape index (κ3) is 2.61. The number of fused-ring (bicyclic) bond motifs is 1. The van der Waals surface area contributed by atoms with E-state index in [9.17, 15) is 0 Å². The number of rotatable bonds is 2. The van der Waals surface area contributed by atoms with Gasteiger partial charge in [-0.05, 0) is 50.5 Å². The molecule has 0 saturated carbocycles. The quantitative estimate of drug-likeness (QED) is 0.729. The van der Waals surface area contributed by atoms with Crippen LogP contribution in [0.5, 0.6) is 0 Å². The lowest BCUT2D eigenvalue weighted by Crippen LogP contribution is -2.44. The van der Waals surface area contributed by atoms with Gasteiger partial charge in [-0.15, -0.1) is 0 Å². The van der Waals surface area contributed by atoms with Crippen LogP contribution in [0.15, 0.2) is 54.6 Å². The van der Waals surface area contributed by atoms with Gasteiger partial charge in [0.15, 0.2) is 0 Å². The maximum atomic E-state index is 2.51. The fraction of sp³-hybridized carbons (Fsp3) is 0.300. The van der Waals surface area contributed by atoms with Crippen LogP contribution in [0.4, 0.5) is 5.69 Å². The Morgan fingerprint density at radius 3 is 2.38 bits per heavy atom. The highest BCUT2D eigenvalue weighted by molar-refractivity contribution is 5.81. The first-order valence-corrected chi connectivity index (χ1v) is 7.59. The Kier molecular flexibility index (Phi) is 3.36. The average Bonchev–Trinajstić information content (AvgIpc) is 2.44. The van der Waals surface area contributed by atoms with E-state index in [0.717, 1.165) is 6.54 Å². The van der Waals surface area contributed by atoms with E-state index < -0.39 is 0 Å². The maximum Gasteiger partial charge on any atom is 0.0538 e. The molecule has 1 nitrogen and oxygen atoms in total. The van der Waals surface area contributed by atoms with Crippen LogP contribution >= 0.6 is 0 Å². The van der Waals surface area contributed by atoms with Crippen LogP contribution in [0.1, 0.15) is 37.5 Å². The van der Waals surface area contributed by atoms with E-state index in [1.54, 1.807) is 0 Å². The van der Waals surface area contributed by atoms with E-state index in [1.807, 2.05) is 0 Å². The minimum absolute atomic E-state index is 0.0285. The highest BCUT2D eigenvalue weighted by atomic mass is 15.2. The van der Waals surface area contributed by atoms with Crippen molar-refractivity contribution >= 4 is 11.3 Å². The van der Waals surface area contributed by atoms with E-state index in [4.69, 9.17) is 0 Å². The van der Waals surface area contributed by atoms with Gasteiger partial charge in [0.05, 0.1) is 5.54 Å². The van der Waals surface area contributed by atoms with Crippen LogP contribution in [-0.2, 0) is 6.54 Å². The molecule has 0 spiro atoms. The van der Waals surface area contributed by atoms with Crippen molar-refractivity contribution in [2.24, 2.45) is 0 Å². The topological polar surface area (TPSA) is 3.24 Å². The molecule has 0 aliphatic carbocycles. The van der Waals surface area contributed by atoms with Crippen LogP contribution in [0, 0.1) is 6.92 Å². The lowest BCUT2D eigenvalue weighted by molar-refractivity contribution is 0.551. The summed E-state index contributed by atoms with van der Waals surface area (Å²) in [5.41, 5.74) is 6.78. The number of anilines is 1. The Morgan fingerprint density at radius 2 is 1.67 bits per heavy atom. The highest BCUT2D eigenvalue weighted by Crippen LogP contribution is 2.40. The molecule has 1 aliphatic rings. The molecule has 108 valence electrons. The maximum absolute atomic E-state index is 2.51. The monoisotopic (exact) mass is 277 g/mol. The van der Waals surface area contributed by atoms with Crippen molar-refractivity contribution in [1.29, 1.82) is 0 Å². The first-order chi connectivity index (χ1) is 9.97. The van der Waals surface area contributed by atoms with Crippen LogP contribution in [0.25, 0.3) is 5.57 Å². The molecule has 2 aromatic rings. The Hall–Kier alpha value is -2.02. The van der Waals surface area contributed by atoms with E-state index >= 15 is 0 Å². The SMILES string of the molecule is CC1=CC(C)(C)N(Cc2ccccc2)c2cc(C)ccc21. The zero-order valence-electron chi connectivity index (χ0n) is 13.4. The van der Waals surface area contributed by atoms with Crippen molar-refractivity contribution < 1.29 is 0 Å². The van der Waals surface area contributed by atoms with Crippen molar-refractivity contribution in [3.05, 3.63) is 71.3 Å². The molecule has 0 fully saturated rings. The number of benzene rings is 2. The van der Waals surface area contributed by atoms with Gasteiger partial charge in [0.2, 0.25) is 0 Å². The zero-order valence-corrected chi connectivity index (χ0v) is 13.4. The first-order valence-electron chi connectivity index (χ1n) is 7.59. The number of allylic oxidation sites excluding steroid dienone is 1. The fourth-order valence-corrected chi connectivity index (χ4v) is 3.25. The Balaban J connectivity index is 2.08. The molecule has 0 amide bonds. The lowest BCUT2D eigenvalue weighted by atomic mass is 9.88. The van der Waals surface area contributed by atoms with E-state index in [2.05, 4.69) is 87.2 Å². The molecule has 0 radical (unpaired) electrons. The molecule has 3 rings (SSSR count). The van der Waals surface area contributed by atoms with Gasteiger partial charge in [-0.2, -0.15) is 0 Å². The number of nitrogens with zero attached hydrogens (tertiary/aromatic N) is 1. The Morgan fingerprint density at radius 1 is 0.952 bits per heavy atom. The largest absolute Gasteiger partial charge is 0.358 e. The van der Waals surface area contributed by atoms with Crippen molar-refractivity contribution in [3.63, 3.8) is 0 Å². The molecular weight excluding hydrogens is 254 g/mol. The predicted octanol–water partition coefficient (Wildman–Crippen LogP) is 5.20. The minimum atomic E-state index is 0.0285. The van der Waals surface area contributed by atoms with Crippen LogP contribution < -0.4 is 4.90 Å². The van der Waals surface area contributed by atoms with Crippen LogP contribution in [0.2, 0.25) is 0 Å². The van der Waals surface area contributed by atoms with Gasteiger partial charge in [-0.3, -0.25) is 0 Å². The normalized spacial score (nSPS) is 16.4. The Labute approximate surface area is 127 Å². The molecule has 0 saturated heterocycles. The van der Waals surface area contributed by atoms with Gasteiger partial charge in [0.25, 0.3) is 0 Å². The molecule has 0 aromatic heterocycles. The summed E-state index contributed by atoms with van der Waals surface area (Å²) in [5.74, 6) is 0. The average molecular weight is 277 g/mol. The van der Waals surface area contributed by atoms with E-state index in [0.29, 0.717) is 0 Å². The molecule has 1 heterocycles. The van der Waals surface area contributed by atoms with E-state index in [-0.39, 0.29) is 5.54 Å². The lowest BCUT2D eigenvalue weighted by Gasteiger charge is -2.43. The summed E-state index contributed by atoms with van der Waals surface area (Å²) >= 11 is 0. The van der Waals surface area contributed by atoms with Gasteiger partial charge in [-0.1, -0.05) is 48.5 Å². The predicted molar refractivity (Wildman–Crippen MR) is 91.5 cm³/mol. The first kappa shape index (κ1) is 13.9. The second-order valence-electron chi connectivity index (χ2n) is 6.57. The van der Waals surface area contributed by atoms with E-state index in [1.165, 1.54) is 28.0 Å². The second-order valence-corrected chi connectivity index (χ2v) is 6.57. The summed E-state index contributed by atoms with van der Waals surface area (Å²) in [6.45, 7) is 9.92. The standard InChI is InChI=1S/C20H23N/c1-15-10-11-18-16(2)13-20(3,4)21(19(18)12-15)14-17-8-6-5-7-9-17/h5-13H,14H2,1-4H3. The van der Waals surface area contributed by atoms with Crippen molar-refractivity contribution in [3.8, 4) is 0 Å². The van der Waals surface area contributed by atoms with Crippen molar-refractivity contribution in [1.82, 2.24) is 0 Å². The third-order valence-corrected chi connectivity index (χ3v) is 4.32. The van der Waals surface area contributed by atoms with Gasteiger partial charge >= 0.3 is 0 Å². The smallest absolute Gasteiger partial charge is 0.0538 e. The summed E-state index contributed by atoms with van der Waals surface area (Å²) < 4.78 is 0.